The third-order valence-electron chi connectivity index (χ3n) is 0. The Balaban J connectivity index is -0.0000000450. The molecule has 0 aromatic carbocycles. The van der Waals surface area contributed by atoms with E-state index in [0.717, 1.165) is 0 Å². The molecule has 6 heavy (non-hydrogen) atoms. The molecule has 0 aliphatic carbocycles. The number of hydrogen-bond acceptors (Lipinski definition) is 1. The second-order valence-corrected chi connectivity index (χ2v) is 0.283. The quantitative estimate of drug-likeness (QED) is 0.582. The number of carbonyl (C=O) groups is 1. The fourth-order valence-corrected chi connectivity index (χ4v) is 0. The number of carboxylic acid groups (broad SMARTS) is 2. The predicted molar refractivity (Wildman–Crippen MR) is 17.8 cm³/mol. The first kappa shape index (κ1) is 15.7. The van der Waals surface area contributed by atoms with Crippen LogP contribution in [0.15, 0.2) is 0 Å². The molecule has 0 fully saturated rings. The standard InChI is InChI=1S/CH2O3.K.Tb.H/c2-1(3)4;;;/h(H2,2,3,4);;;. The molecule has 0 saturated carbocycles. The van der Waals surface area contributed by atoms with E-state index in [2.05, 4.69) is 0 Å². The monoisotopic (exact) mass is 261 g/mol. The summed E-state index contributed by atoms with van der Waals surface area (Å²) in [6.07, 6.45) is -1.83. The smallest absolute Gasteiger partial charge is 0 e. The van der Waals surface area contributed by atoms with Gasteiger partial charge in [0, 0.05) is 38.6 Å². The van der Waals surface area contributed by atoms with Crippen molar-refractivity contribution in [3.63, 3.8) is 0 Å². The summed E-state index contributed by atoms with van der Waals surface area (Å²) in [5.41, 5.74) is 0. The van der Waals surface area contributed by atoms with Crippen LogP contribution >= 0.6 is 0 Å². The van der Waals surface area contributed by atoms with Crippen LogP contribution in [0.5, 0.6) is 0 Å². The van der Waals surface area contributed by atoms with Crippen LogP contribution < -0.4 is 0 Å². The summed E-state index contributed by atoms with van der Waals surface area (Å²) >= 11 is 0. The third-order valence-corrected chi connectivity index (χ3v) is 0. The Morgan fingerprint density at radius 2 is 1.33 bits per heavy atom. The SMILES string of the molecule is O=C(O)O.[KH].[Tb]. The van der Waals surface area contributed by atoms with Crippen LogP contribution in [0.1, 0.15) is 0 Å². The van der Waals surface area contributed by atoms with Gasteiger partial charge in [0.2, 0.25) is 0 Å². The van der Waals surface area contributed by atoms with Gasteiger partial charge < -0.3 is 10.2 Å². The number of rotatable bonds is 0. The summed E-state index contributed by atoms with van der Waals surface area (Å²) < 4.78 is 0. The minimum absolute atomic E-state index is 0. The van der Waals surface area contributed by atoms with Crippen molar-refractivity contribution in [1.29, 1.82) is 0 Å². The van der Waals surface area contributed by atoms with Crippen LogP contribution in [0, 0.1) is 38.6 Å². The molecule has 0 atom stereocenters. The molecule has 0 aromatic rings. The average molecular weight is 261 g/mol. The van der Waals surface area contributed by atoms with Gasteiger partial charge in [-0.2, -0.15) is 0 Å². The molecule has 0 aromatic heterocycles. The zero-order chi connectivity index (χ0) is 3.58. The molecule has 5 heteroatoms. The molecule has 0 heterocycles. The van der Waals surface area contributed by atoms with Gasteiger partial charge in [0.05, 0.1) is 0 Å². The van der Waals surface area contributed by atoms with E-state index in [4.69, 9.17) is 15.0 Å². The van der Waals surface area contributed by atoms with Crippen molar-refractivity contribution >= 4 is 57.5 Å². The normalized spacial score (nSPS) is 4.00. The predicted octanol–water partition coefficient (Wildman–Crippen LogP) is -0.426. The second-order valence-electron chi connectivity index (χ2n) is 0.283. The molecular formula is CH3KO3Tb. The van der Waals surface area contributed by atoms with Gasteiger partial charge in [-0.25, -0.2) is 4.79 Å². The van der Waals surface area contributed by atoms with Crippen LogP contribution in [-0.4, -0.2) is 67.8 Å². The van der Waals surface area contributed by atoms with Crippen molar-refractivity contribution in [2.24, 2.45) is 0 Å². The van der Waals surface area contributed by atoms with Crippen molar-refractivity contribution < 1.29 is 53.6 Å². The van der Waals surface area contributed by atoms with E-state index in [1.54, 1.807) is 0 Å². The summed E-state index contributed by atoms with van der Waals surface area (Å²) in [4.78, 5) is 8.56. The molecular weight excluding hydrogens is 258 g/mol. The van der Waals surface area contributed by atoms with E-state index in [1.165, 1.54) is 0 Å². The molecule has 0 rings (SSSR count). The van der Waals surface area contributed by atoms with Crippen molar-refractivity contribution in [1.82, 2.24) is 0 Å². The molecule has 0 saturated heterocycles. The van der Waals surface area contributed by atoms with Gasteiger partial charge in [-0.3, -0.25) is 0 Å². The van der Waals surface area contributed by atoms with E-state index in [-0.39, 0.29) is 90.0 Å². The summed E-state index contributed by atoms with van der Waals surface area (Å²) in [5.74, 6) is 0. The summed E-state index contributed by atoms with van der Waals surface area (Å²) in [6, 6.07) is 0. The molecule has 1 radical (unpaired) electrons. The topological polar surface area (TPSA) is 57.5 Å². The van der Waals surface area contributed by atoms with Crippen LogP contribution in [0.25, 0.3) is 0 Å². The van der Waals surface area contributed by atoms with Crippen molar-refractivity contribution in [3.05, 3.63) is 0 Å². The second kappa shape index (κ2) is 10.2. The largest absolute Gasteiger partial charge is 0 e. The Hall–Kier alpha value is 2.19. The summed E-state index contributed by atoms with van der Waals surface area (Å²) in [5, 5.41) is 13.9. The Morgan fingerprint density at radius 1 is 1.33 bits per heavy atom. The first-order valence-electron chi connectivity index (χ1n) is 0.651. The number of hydrogen-bond donors (Lipinski definition) is 2. The fourth-order valence-electron chi connectivity index (χ4n) is 0. The van der Waals surface area contributed by atoms with Gasteiger partial charge in [0.25, 0.3) is 0 Å². The van der Waals surface area contributed by atoms with Gasteiger partial charge in [0.15, 0.2) is 0 Å². The van der Waals surface area contributed by atoms with Gasteiger partial charge in [-0.05, 0) is 0 Å². The van der Waals surface area contributed by atoms with Gasteiger partial charge >= 0.3 is 57.5 Å². The Labute approximate surface area is 108 Å². The van der Waals surface area contributed by atoms with Crippen LogP contribution in [0.4, 0.5) is 4.79 Å². The molecule has 3 nitrogen and oxygen atoms in total. The van der Waals surface area contributed by atoms with Gasteiger partial charge in [-0.1, -0.05) is 0 Å². The van der Waals surface area contributed by atoms with Gasteiger partial charge in [-0.15, -0.1) is 0 Å². The maximum Gasteiger partial charge on any atom is 0 e. The minimum Gasteiger partial charge on any atom is 0 e. The first-order valence-corrected chi connectivity index (χ1v) is 0.651. The molecule has 2 N–H and O–H groups in total. The third kappa shape index (κ3) is 34.7. The molecule has 0 amide bonds. The summed E-state index contributed by atoms with van der Waals surface area (Å²) in [6.45, 7) is 0. The molecule has 0 bridgehead atoms. The minimum atomic E-state index is -1.83. The Morgan fingerprint density at radius 3 is 1.33 bits per heavy atom. The van der Waals surface area contributed by atoms with E-state index >= 15 is 0 Å². The van der Waals surface area contributed by atoms with E-state index in [0.29, 0.717) is 0 Å². The Bertz CT molecular complexity index is 33.8. The fraction of sp³-hybridized carbons (Fsp3) is 0. The Kier molecular flexibility index (Phi) is 26.8. The molecule has 0 aliphatic rings. The van der Waals surface area contributed by atoms with Crippen molar-refractivity contribution in [2.75, 3.05) is 0 Å². The van der Waals surface area contributed by atoms with Crippen LogP contribution in [-0.2, 0) is 0 Å². The van der Waals surface area contributed by atoms with Crippen molar-refractivity contribution in [2.45, 2.75) is 0 Å². The molecule has 35 valence electrons. The van der Waals surface area contributed by atoms with Gasteiger partial charge in [0.1, 0.15) is 0 Å². The van der Waals surface area contributed by atoms with Crippen molar-refractivity contribution in [3.8, 4) is 0 Å². The molecule has 0 spiro atoms. The molecule has 0 unspecified atom stereocenters. The average Bonchev–Trinajstić information content (AvgIpc) is 0.811. The first-order chi connectivity index (χ1) is 1.73. The van der Waals surface area contributed by atoms with E-state index < -0.39 is 6.16 Å². The van der Waals surface area contributed by atoms with E-state index in [9.17, 15) is 0 Å². The molecule has 0 aliphatic heterocycles. The maximum atomic E-state index is 8.56. The van der Waals surface area contributed by atoms with Crippen LogP contribution in [0.2, 0.25) is 0 Å². The maximum absolute atomic E-state index is 8.56. The zero-order valence-electron chi connectivity index (χ0n) is 2.14. The van der Waals surface area contributed by atoms with Crippen LogP contribution in [0.3, 0.4) is 0 Å². The zero-order valence-corrected chi connectivity index (χ0v) is 4.27. The summed E-state index contributed by atoms with van der Waals surface area (Å²) in [7, 11) is 0. The van der Waals surface area contributed by atoms with E-state index in [1.807, 2.05) is 0 Å².